The van der Waals surface area contributed by atoms with Crippen LogP contribution in [0.2, 0.25) is 0 Å². The van der Waals surface area contributed by atoms with Gasteiger partial charge in [-0.2, -0.15) is 0 Å². The Labute approximate surface area is 183 Å². The monoisotopic (exact) mass is 449 g/mol. The minimum atomic E-state index is -3.75. The topological polar surface area (TPSA) is 70.6 Å². The molecule has 31 heavy (non-hydrogen) atoms. The van der Waals surface area contributed by atoms with E-state index in [1.807, 2.05) is 42.5 Å². The maximum Gasteiger partial charge on any atom is 0.265 e. The minimum Gasteiger partial charge on any atom is -0.332 e. The van der Waals surface area contributed by atoms with Gasteiger partial charge in [0.1, 0.15) is 11.6 Å². The van der Waals surface area contributed by atoms with Crippen LogP contribution in [0.4, 0.5) is 5.69 Å². The summed E-state index contributed by atoms with van der Waals surface area (Å²) in [6.07, 6.45) is 1.73. The number of rotatable bonds is 3. The van der Waals surface area contributed by atoms with E-state index in [0.717, 1.165) is 33.5 Å². The van der Waals surface area contributed by atoms with E-state index in [2.05, 4.69) is 0 Å². The maximum atomic E-state index is 13.4. The van der Waals surface area contributed by atoms with Crippen molar-refractivity contribution in [3.8, 4) is 0 Å². The third-order valence-electron chi connectivity index (χ3n) is 6.13. The summed E-state index contributed by atoms with van der Waals surface area (Å²) < 4.78 is 28.8. The van der Waals surface area contributed by atoms with Crippen LogP contribution in [-0.4, -0.2) is 37.3 Å². The number of para-hydroxylation sites is 1. The van der Waals surface area contributed by atoms with Crippen molar-refractivity contribution in [2.45, 2.75) is 23.8 Å². The molecule has 0 saturated carbocycles. The van der Waals surface area contributed by atoms with Crippen LogP contribution >= 0.6 is 11.3 Å². The van der Waals surface area contributed by atoms with E-state index >= 15 is 0 Å². The van der Waals surface area contributed by atoms with Crippen LogP contribution in [0, 0.1) is 0 Å². The van der Waals surface area contributed by atoms with Gasteiger partial charge in [-0.15, -0.1) is 11.3 Å². The highest BCUT2D eigenvalue weighted by atomic mass is 32.2. The van der Waals surface area contributed by atoms with Crippen molar-refractivity contribution < 1.29 is 13.2 Å². The highest BCUT2D eigenvalue weighted by molar-refractivity contribution is 7.93. The molecule has 156 valence electrons. The Balaban J connectivity index is 1.33. The first-order valence-corrected chi connectivity index (χ1v) is 12.5. The molecule has 0 aliphatic carbocycles. The quantitative estimate of drug-likeness (QED) is 0.467. The van der Waals surface area contributed by atoms with Gasteiger partial charge in [-0.1, -0.05) is 36.4 Å². The number of amides is 1. The second-order valence-electron chi connectivity index (χ2n) is 7.91. The highest BCUT2D eigenvalue weighted by Gasteiger charge is 2.39. The normalized spacial score (nSPS) is 19.5. The predicted octanol–water partition coefficient (Wildman–Crippen LogP) is 4.32. The summed E-state index contributed by atoms with van der Waals surface area (Å²) in [5.41, 5.74) is 1.52. The number of likely N-dealkylation sites (tertiary alicyclic amines) is 1. The van der Waals surface area contributed by atoms with Gasteiger partial charge in [-0.05, 0) is 42.5 Å². The SMILES string of the molecule is O=C(CN1c2cccc3cccc(c23)S1(=O)=O)N1CCCC1c1nc2ccccc2s1. The fourth-order valence-corrected chi connectivity index (χ4v) is 7.47. The van der Waals surface area contributed by atoms with Gasteiger partial charge in [-0.3, -0.25) is 9.10 Å². The number of thiazole rings is 1. The van der Waals surface area contributed by atoms with Crippen molar-refractivity contribution >= 4 is 53.9 Å². The molecule has 0 radical (unpaired) electrons. The number of carbonyl (C=O) groups is 1. The number of carbonyl (C=O) groups excluding carboxylic acids is 1. The van der Waals surface area contributed by atoms with E-state index in [-0.39, 0.29) is 23.4 Å². The molecule has 0 N–H and O–H groups in total. The number of sulfonamides is 1. The van der Waals surface area contributed by atoms with Crippen LogP contribution in [-0.2, 0) is 14.8 Å². The van der Waals surface area contributed by atoms with Gasteiger partial charge in [0.05, 0.1) is 26.8 Å². The fraction of sp³-hybridized carbons (Fsp3) is 0.217. The van der Waals surface area contributed by atoms with Gasteiger partial charge >= 0.3 is 0 Å². The largest absolute Gasteiger partial charge is 0.332 e. The molecular weight excluding hydrogens is 430 g/mol. The number of fused-ring (bicyclic) bond motifs is 1. The average Bonchev–Trinajstić information content (AvgIpc) is 3.47. The van der Waals surface area contributed by atoms with Crippen LogP contribution in [0.3, 0.4) is 0 Å². The zero-order valence-corrected chi connectivity index (χ0v) is 18.2. The van der Waals surface area contributed by atoms with E-state index in [0.29, 0.717) is 17.6 Å². The molecule has 0 spiro atoms. The van der Waals surface area contributed by atoms with Crippen molar-refractivity contribution in [1.82, 2.24) is 9.88 Å². The third-order valence-corrected chi connectivity index (χ3v) is 9.07. The molecule has 3 aromatic carbocycles. The Hall–Kier alpha value is -2.97. The number of hydrogen-bond donors (Lipinski definition) is 0. The fourth-order valence-electron chi connectivity index (χ4n) is 4.70. The van der Waals surface area contributed by atoms with Crippen molar-refractivity contribution in [3.05, 3.63) is 65.7 Å². The zero-order valence-electron chi connectivity index (χ0n) is 16.6. The van der Waals surface area contributed by atoms with Gasteiger partial charge in [0.15, 0.2) is 0 Å². The molecule has 2 aliphatic rings. The van der Waals surface area contributed by atoms with Crippen molar-refractivity contribution in [1.29, 1.82) is 0 Å². The molecule has 1 aromatic heterocycles. The number of anilines is 1. The summed E-state index contributed by atoms with van der Waals surface area (Å²) in [6, 6.07) is 18.6. The minimum absolute atomic E-state index is 0.103. The van der Waals surface area contributed by atoms with E-state index in [4.69, 9.17) is 4.98 Å². The lowest BCUT2D eigenvalue weighted by Gasteiger charge is -2.26. The molecule has 1 amide bonds. The molecule has 2 aliphatic heterocycles. The van der Waals surface area contributed by atoms with E-state index in [1.54, 1.807) is 34.4 Å². The first kappa shape index (κ1) is 18.8. The average molecular weight is 450 g/mol. The lowest BCUT2D eigenvalue weighted by molar-refractivity contribution is -0.130. The first-order valence-electron chi connectivity index (χ1n) is 10.2. The van der Waals surface area contributed by atoms with Gasteiger partial charge in [0.2, 0.25) is 5.91 Å². The molecule has 1 unspecified atom stereocenters. The van der Waals surface area contributed by atoms with Crippen molar-refractivity contribution in [3.63, 3.8) is 0 Å². The van der Waals surface area contributed by atoms with E-state index in [1.165, 1.54) is 4.31 Å². The Kier molecular flexibility index (Phi) is 4.10. The summed E-state index contributed by atoms with van der Waals surface area (Å²) in [4.78, 5) is 20.2. The molecule has 4 aromatic rings. The first-order chi connectivity index (χ1) is 15.0. The van der Waals surface area contributed by atoms with Gasteiger partial charge < -0.3 is 4.90 Å². The summed E-state index contributed by atoms with van der Waals surface area (Å²) in [5, 5.41) is 2.48. The van der Waals surface area contributed by atoms with Gasteiger partial charge in [-0.25, -0.2) is 13.4 Å². The molecule has 1 fully saturated rings. The van der Waals surface area contributed by atoms with Crippen LogP contribution < -0.4 is 4.31 Å². The summed E-state index contributed by atoms with van der Waals surface area (Å²) in [7, 11) is -3.75. The third kappa shape index (κ3) is 2.78. The number of hydrogen-bond acceptors (Lipinski definition) is 5. The zero-order chi connectivity index (χ0) is 21.2. The molecule has 0 bridgehead atoms. The standard InChI is InChI=1S/C23H19N3O3S2/c27-21(25-13-5-10-18(25)23-24-16-8-1-2-11-19(16)30-23)14-26-17-9-3-6-15-7-4-12-20(22(15)17)31(26,28)29/h1-4,6-9,11-12,18H,5,10,13-14H2. The van der Waals surface area contributed by atoms with Crippen molar-refractivity contribution in [2.24, 2.45) is 0 Å². The molecule has 1 atom stereocenters. The van der Waals surface area contributed by atoms with Crippen LogP contribution in [0.25, 0.3) is 21.0 Å². The Morgan fingerprint density at radius 3 is 2.71 bits per heavy atom. The molecule has 6 nitrogen and oxygen atoms in total. The summed E-state index contributed by atoms with van der Waals surface area (Å²) in [5.74, 6) is -0.185. The molecule has 8 heteroatoms. The van der Waals surface area contributed by atoms with Crippen LogP contribution in [0.1, 0.15) is 23.9 Å². The Morgan fingerprint density at radius 1 is 1.06 bits per heavy atom. The van der Waals surface area contributed by atoms with Crippen LogP contribution in [0.15, 0.2) is 65.6 Å². The Morgan fingerprint density at radius 2 is 1.87 bits per heavy atom. The highest BCUT2D eigenvalue weighted by Crippen LogP contribution is 2.42. The number of nitrogens with zero attached hydrogens (tertiary/aromatic N) is 3. The molecule has 6 rings (SSSR count). The summed E-state index contributed by atoms with van der Waals surface area (Å²) in [6.45, 7) is 0.419. The Bertz CT molecular complexity index is 1420. The number of benzene rings is 3. The molecule has 3 heterocycles. The van der Waals surface area contributed by atoms with Gasteiger partial charge in [0, 0.05) is 11.9 Å². The van der Waals surface area contributed by atoms with Crippen molar-refractivity contribution in [2.75, 3.05) is 17.4 Å². The second-order valence-corrected chi connectivity index (χ2v) is 10.8. The lowest BCUT2D eigenvalue weighted by atomic mass is 10.1. The predicted molar refractivity (Wildman–Crippen MR) is 122 cm³/mol. The van der Waals surface area contributed by atoms with Gasteiger partial charge in [0.25, 0.3) is 10.0 Å². The molecule has 1 saturated heterocycles. The number of aromatic nitrogens is 1. The second kappa shape index (κ2) is 6.77. The smallest absolute Gasteiger partial charge is 0.265 e. The van der Waals surface area contributed by atoms with E-state index in [9.17, 15) is 13.2 Å². The molecular formula is C23H19N3O3S2. The maximum absolute atomic E-state index is 13.4. The summed E-state index contributed by atoms with van der Waals surface area (Å²) >= 11 is 1.61. The van der Waals surface area contributed by atoms with Crippen LogP contribution in [0.5, 0.6) is 0 Å². The van der Waals surface area contributed by atoms with E-state index < -0.39 is 10.0 Å². The lowest BCUT2D eigenvalue weighted by Crippen LogP contribution is -2.41.